The zero-order valence-corrected chi connectivity index (χ0v) is 14.8. The molecule has 0 aliphatic carbocycles. The minimum atomic E-state index is -0.0237. The fourth-order valence-electron chi connectivity index (χ4n) is 3.40. The topological polar surface area (TPSA) is 31.2 Å². The lowest BCUT2D eigenvalue weighted by molar-refractivity contribution is 0.0942. The third-order valence-electron chi connectivity index (χ3n) is 4.62. The van der Waals surface area contributed by atoms with Crippen molar-refractivity contribution < 1.29 is 9.53 Å². The van der Waals surface area contributed by atoms with Crippen LogP contribution in [0.1, 0.15) is 11.7 Å². The standard InChI is InChI=1S/C23H19NO2/c1-16(25)24-15-21(18-11-7-4-8-12-18)23-20(17-9-5-3-6-10-17)13-19(26-2)14-22(23)24/h3-15H,1-2H3. The molecule has 0 unspecified atom stereocenters. The summed E-state index contributed by atoms with van der Waals surface area (Å²) in [5.74, 6) is 0.709. The van der Waals surface area contributed by atoms with Gasteiger partial charge in [-0.2, -0.15) is 0 Å². The molecular formula is C23H19NO2. The van der Waals surface area contributed by atoms with E-state index >= 15 is 0 Å². The Balaban J connectivity index is 2.14. The molecule has 0 N–H and O–H groups in total. The van der Waals surface area contributed by atoms with Crippen molar-refractivity contribution in [2.75, 3.05) is 7.11 Å². The van der Waals surface area contributed by atoms with Crippen molar-refractivity contribution in [3.05, 3.63) is 79.0 Å². The van der Waals surface area contributed by atoms with Gasteiger partial charge in [0.1, 0.15) is 5.75 Å². The molecule has 1 aromatic heterocycles. The molecule has 0 aliphatic rings. The van der Waals surface area contributed by atoms with E-state index < -0.39 is 0 Å². The fraction of sp³-hybridized carbons (Fsp3) is 0.0870. The molecule has 0 saturated heterocycles. The van der Waals surface area contributed by atoms with Crippen LogP contribution < -0.4 is 4.74 Å². The molecule has 3 heteroatoms. The normalized spacial score (nSPS) is 10.8. The van der Waals surface area contributed by atoms with E-state index in [1.807, 2.05) is 54.7 Å². The van der Waals surface area contributed by atoms with Crippen LogP contribution in [-0.2, 0) is 0 Å². The summed E-state index contributed by atoms with van der Waals surface area (Å²) < 4.78 is 7.21. The van der Waals surface area contributed by atoms with Crippen molar-refractivity contribution in [3.8, 4) is 28.0 Å². The molecule has 0 saturated carbocycles. The number of nitrogens with zero attached hydrogens (tertiary/aromatic N) is 1. The highest BCUT2D eigenvalue weighted by Gasteiger charge is 2.18. The van der Waals surface area contributed by atoms with Crippen LogP contribution >= 0.6 is 0 Å². The zero-order chi connectivity index (χ0) is 18.1. The number of benzene rings is 3. The molecular weight excluding hydrogens is 322 g/mol. The first-order valence-corrected chi connectivity index (χ1v) is 8.54. The lowest BCUT2D eigenvalue weighted by Crippen LogP contribution is -2.03. The maximum atomic E-state index is 12.3. The number of ether oxygens (including phenoxy) is 1. The predicted molar refractivity (Wildman–Crippen MR) is 106 cm³/mol. The maximum absolute atomic E-state index is 12.3. The second-order valence-corrected chi connectivity index (χ2v) is 6.23. The molecule has 0 fully saturated rings. The van der Waals surface area contributed by atoms with Crippen LogP contribution in [0.25, 0.3) is 33.2 Å². The Labute approximate surface area is 152 Å². The maximum Gasteiger partial charge on any atom is 0.227 e. The van der Waals surface area contributed by atoms with Crippen LogP contribution in [0.15, 0.2) is 79.0 Å². The Morgan fingerprint density at radius 1 is 0.846 bits per heavy atom. The van der Waals surface area contributed by atoms with Gasteiger partial charge in [0.15, 0.2) is 0 Å². The molecule has 4 aromatic rings. The second-order valence-electron chi connectivity index (χ2n) is 6.23. The highest BCUT2D eigenvalue weighted by atomic mass is 16.5. The Kier molecular flexibility index (Phi) is 4.05. The van der Waals surface area contributed by atoms with Crippen LogP contribution in [0.2, 0.25) is 0 Å². The van der Waals surface area contributed by atoms with Gasteiger partial charge in [-0.25, -0.2) is 0 Å². The summed E-state index contributed by atoms with van der Waals surface area (Å²) in [5.41, 5.74) is 5.13. The Hall–Kier alpha value is -3.33. The molecule has 3 nitrogen and oxygen atoms in total. The zero-order valence-electron chi connectivity index (χ0n) is 14.8. The summed E-state index contributed by atoms with van der Waals surface area (Å²) >= 11 is 0. The van der Waals surface area contributed by atoms with Crippen molar-refractivity contribution in [2.45, 2.75) is 6.92 Å². The molecule has 26 heavy (non-hydrogen) atoms. The number of rotatable bonds is 3. The first kappa shape index (κ1) is 16.2. The van der Waals surface area contributed by atoms with E-state index in [0.717, 1.165) is 38.9 Å². The van der Waals surface area contributed by atoms with E-state index in [-0.39, 0.29) is 5.91 Å². The van der Waals surface area contributed by atoms with E-state index in [0.29, 0.717) is 0 Å². The van der Waals surface area contributed by atoms with E-state index in [1.54, 1.807) is 18.6 Å². The molecule has 0 amide bonds. The summed E-state index contributed by atoms with van der Waals surface area (Å²) in [5, 5.41) is 1.05. The van der Waals surface area contributed by atoms with Gasteiger partial charge in [0.2, 0.25) is 5.91 Å². The van der Waals surface area contributed by atoms with E-state index in [1.165, 1.54) is 0 Å². The monoisotopic (exact) mass is 341 g/mol. The fourth-order valence-corrected chi connectivity index (χ4v) is 3.40. The molecule has 0 atom stereocenters. The van der Waals surface area contributed by atoms with Crippen molar-refractivity contribution >= 4 is 16.8 Å². The van der Waals surface area contributed by atoms with Crippen LogP contribution in [0, 0.1) is 0 Å². The van der Waals surface area contributed by atoms with Gasteiger partial charge in [-0.05, 0) is 22.8 Å². The van der Waals surface area contributed by atoms with Crippen molar-refractivity contribution in [1.29, 1.82) is 0 Å². The molecule has 3 aromatic carbocycles. The minimum absolute atomic E-state index is 0.0237. The van der Waals surface area contributed by atoms with Crippen molar-refractivity contribution in [1.82, 2.24) is 4.57 Å². The third-order valence-corrected chi connectivity index (χ3v) is 4.62. The number of hydrogen-bond donors (Lipinski definition) is 0. The molecule has 0 bridgehead atoms. The summed E-state index contributed by atoms with van der Waals surface area (Å²) in [6, 6.07) is 24.3. The predicted octanol–water partition coefficient (Wildman–Crippen LogP) is 5.64. The number of aromatic nitrogens is 1. The SMILES string of the molecule is COc1cc(-c2ccccc2)c2c(-c3ccccc3)cn(C(C)=O)c2c1. The summed E-state index contributed by atoms with van der Waals surface area (Å²) in [4.78, 5) is 12.3. The number of methoxy groups -OCH3 is 1. The largest absolute Gasteiger partial charge is 0.497 e. The highest BCUT2D eigenvalue weighted by Crippen LogP contribution is 2.40. The van der Waals surface area contributed by atoms with E-state index in [9.17, 15) is 4.79 Å². The number of carbonyl (C=O) groups excluding carboxylic acids is 1. The average molecular weight is 341 g/mol. The quantitative estimate of drug-likeness (QED) is 0.482. The first-order valence-electron chi connectivity index (χ1n) is 8.54. The van der Waals surface area contributed by atoms with Crippen molar-refractivity contribution in [3.63, 3.8) is 0 Å². The Bertz CT molecular complexity index is 1080. The number of carbonyl (C=O) groups is 1. The minimum Gasteiger partial charge on any atom is -0.497 e. The van der Waals surface area contributed by atoms with Gasteiger partial charge in [-0.3, -0.25) is 9.36 Å². The van der Waals surface area contributed by atoms with Crippen LogP contribution in [0.5, 0.6) is 5.75 Å². The molecule has 128 valence electrons. The van der Waals surface area contributed by atoms with Crippen LogP contribution in [0.3, 0.4) is 0 Å². The number of fused-ring (bicyclic) bond motifs is 1. The van der Waals surface area contributed by atoms with Gasteiger partial charge in [-0.1, -0.05) is 60.7 Å². The molecule has 0 spiro atoms. The van der Waals surface area contributed by atoms with E-state index in [2.05, 4.69) is 24.3 Å². The van der Waals surface area contributed by atoms with Gasteiger partial charge in [0, 0.05) is 30.1 Å². The lowest BCUT2D eigenvalue weighted by Gasteiger charge is -2.10. The number of hydrogen-bond acceptors (Lipinski definition) is 2. The second kappa shape index (κ2) is 6.52. The summed E-state index contributed by atoms with van der Waals surface area (Å²) in [7, 11) is 1.65. The molecule has 0 aliphatic heterocycles. The summed E-state index contributed by atoms with van der Waals surface area (Å²) in [6.45, 7) is 1.58. The summed E-state index contributed by atoms with van der Waals surface area (Å²) in [6.07, 6.45) is 1.92. The Morgan fingerprint density at radius 3 is 1.96 bits per heavy atom. The Morgan fingerprint density at radius 2 is 1.42 bits per heavy atom. The molecule has 1 heterocycles. The van der Waals surface area contributed by atoms with Gasteiger partial charge >= 0.3 is 0 Å². The highest BCUT2D eigenvalue weighted by molar-refractivity contribution is 6.09. The van der Waals surface area contributed by atoms with Gasteiger partial charge in [-0.15, -0.1) is 0 Å². The first-order chi connectivity index (χ1) is 12.7. The van der Waals surface area contributed by atoms with E-state index in [4.69, 9.17) is 4.74 Å². The average Bonchev–Trinajstić information content (AvgIpc) is 3.08. The van der Waals surface area contributed by atoms with Gasteiger partial charge in [0.25, 0.3) is 0 Å². The van der Waals surface area contributed by atoms with Gasteiger partial charge in [0.05, 0.1) is 12.6 Å². The molecule has 4 rings (SSSR count). The van der Waals surface area contributed by atoms with Gasteiger partial charge < -0.3 is 4.74 Å². The smallest absolute Gasteiger partial charge is 0.227 e. The van der Waals surface area contributed by atoms with Crippen LogP contribution in [-0.4, -0.2) is 17.6 Å². The third kappa shape index (κ3) is 2.68. The molecule has 0 radical (unpaired) electrons. The van der Waals surface area contributed by atoms with Crippen LogP contribution in [0.4, 0.5) is 0 Å². The lowest BCUT2D eigenvalue weighted by atomic mass is 9.96. The van der Waals surface area contributed by atoms with Crippen molar-refractivity contribution in [2.24, 2.45) is 0 Å².